The van der Waals surface area contributed by atoms with Crippen molar-refractivity contribution in [3.63, 3.8) is 0 Å². The summed E-state index contributed by atoms with van der Waals surface area (Å²) in [6, 6.07) is 6.76. The summed E-state index contributed by atoms with van der Waals surface area (Å²) >= 11 is 0. The molecule has 1 aliphatic rings. The summed E-state index contributed by atoms with van der Waals surface area (Å²) < 4.78 is 13.2. The van der Waals surface area contributed by atoms with Gasteiger partial charge in [-0.05, 0) is 56.8 Å². The van der Waals surface area contributed by atoms with Crippen molar-refractivity contribution < 1.29 is 9.50 Å². The molecule has 0 aromatic heterocycles. The molecular weight excluding hydrogens is 267 g/mol. The molecule has 21 heavy (non-hydrogen) atoms. The fraction of sp³-hybridized carbons (Fsp3) is 0.647. The lowest BCUT2D eigenvalue weighted by molar-refractivity contribution is 0.0422. The second kappa shape index (κ2) is 6.86. The van der Waals surface area contributed by atoms with Crippen molar-refractivity contribution >= 4 is 0 Å². The van der Waals surface area contributed by atoms with E-state index in [0.29, 0.717) is 0 Å². The third kappa shape index (κ3) is 4.25. The Morgan fingerprint density at radius 1 is 1.29 bits per heavy atom. The molecule has 0 amide bonds. The topological polar surface area (TPSA) is 49.5 Å². The predicted octanol–water partition coefficient (Wildman–Crippen LogP) is 2.84. The van der Waals surface area contributed by atoms with Crippen LogP contribution in [-0.4, -0.2) is 34.7 Å². The van der Waals surface area contributed by atoms with Gasteiger partial charge in [0.05, 0.1) is 5.60 Å². The summed E-state index contributed by atoms with van der Waals surface area (Å²) in [5.41, 5.74) is 6.82. The second-order valence-corrected chi connectivity index (χ2v) is 6.45. The molecule has 0 radical (unpaired) electrons. The molecule has 3 unspecified atom stereocenters. The zero-order valence-corrected chi connectivity index (χ0v) is 13.1. The Labute approximate surface area is 126 Å². The fourth-order valence-corrected chi connectivity index (χ4v) is 3.17. The van der Waals surface area contributed by atoms with Gasteiger partial charge in [-0.3, -0.25) is 4.90 Å². The van der Waals surface area contributed by atoms with Gasteiger partial charge in [0.1, 0.15) is 5.82 Å². The number of hydrogen-bond acceptors (Lipinski definition) is 3. The van der Waals surface area contributed by atoms with E-state index in [0.717, 1.165) is 44.3 Å². The molecule has 0 bridgehead atoms. The molecule has 1 heterocycles. The monoisotopic (exact) mass is 294 g/mol. The lowest BCUT2D eigenvalue weighted by Gasteiger charge is -2.35. The normalized spacial score (nSPS) is 27.1. The zero-order valence-electron chi connectivity index (χ0n) is 13.1. The van der Waals surface area contributed by atoms with Gasteiger partial charge in [-0.1, -0.05) is 19.1 Å². The first kappa shape index (κ1) is 16.4. The maximum atomic E-state index is 13.2. The largest absolute Gasteiger partial charge is 0.390 e. The maximum Gasteiger partial charge on any atom is 0.123 e. The van der Waals surface area contributed by atoms with Crippen LogP contribution in [0.4, 0.5) is 4.39 Å². The van der Waals surface area contributed by atoms with Crippen molar-refractivity contribution in [2.75, 3.05) is 13.1 Å². The van der Waals surface area contributed by atoms with Crippen LogP contribution in [0.1, 0.15) is 51.1 Å². The van der Waals surface area contributed by atoms with Crippen LogP contribution in [0, 0.1) is 5.82 Å². The van der Waals surface area contributed by atoms with Gasteiger partial charge in [-0.25, -0.2) is 4.39 Å². The SMILES string of the molecule is CCC(N)C(c1ccc(F)cc1)N1CCCC(C)(O)CC1. The van der Waals surface area contributed by atoms with E-state index >= 15 is 0 Å². The Hall–Kier alpha value is -0.970. The van der Waals surface area contributed by atoms with E-state index in [-0.39, 0.29) is 17.9 Å². The van der Waals surface area contributed by atoms with Gasteiger partial charge in [-0.2, -0.15) is 0 Å². The number of nitrogens with zero attached hydrogens (tertiary/aromatic N) is 1. The molecule has 4 heteroatoms. The summed E-state index contributed by atoms with van der Waals surface area (Å²) in [6.45, 7) is 5.73. The summed E-state index contributed by atoms with van der Waals surface area (Å²) in [6.07, 6.45) is 3.40. The summed E-state index contributed by atoms with van der Waals surface area (Å²) in [7, 11) is 0. The van der Waals surface area contributed by atoms with Crippen LogP contribution in [0.5, 0.6) is 0 Å². The van der Waals surface area contributed by atoms with E-state index < -0.39 is 5.60 Å². The number of benzene rings is 1. The molecule has 3 N–H and O–H groups in total. The average molecular weight is 294 g/mol. The van der Waals surface area contributed by atoms with E-state index in [4.69, 9.17) is 5.73 Å². The first-order chi connectivity index (χ1) is 9.93. The van der Waals surface area contributed by atoms with E-state index in [1.54, 1.807) is 0 Å². The van der Waals surface area contributed by atoms with E-state index in [1.807, 2.05) is 19.1 Å². The molecule has 2 rings (SSSR count). The molecule has 1 aromatic rings. The van der Waals surface area contributed by atoms with E-state index in [9.17, 15) is 9.50 Å². The van der Waals surface area contributed by atoms with Gasteiger partial charge in [0.15, 0.2) is 0 Å². The van der Waals surface area contributed by atoms with Crippen LogP contribution in [-0.2, 0) is 0 Å². The van der Waals surface area contributed by atoms with Crippen LogP contribution in [0.15, 0.2) is 24.3 Å². The molecule has 1 aliphatic heterocycles. The highest BCUT2D eigenvalue weighted by molar-refractivity contribution is 5.22. The maximum absolute atomic E-state index is 13.2. The second-order valence-electron chi connectivity index (χ2n) is 6.45. The molecule has 3 nitrogen and oxygen atoms in total. The van der Waals surface area contributed by atoms with Crippen molar-refractivity contribution in [2.45, 2.75) is 57.2 Å². The van der Waals surface area contributed by atoms with Crippen molar-refractivity contribution in [1.82, 2.24) is 4.90 Å². The molecular formula is C17H27FN2O. The number of nitrogens with two attached hydrogens (primary N) is 1. The highest BCUT2D eigenvalue weighted by Crippen LogP contribution is 2.30. The van der Waals surface area contributed by atoms with Crippen molar-refractivity contribution in [2.24, 2.45) is 5.73 Å². The Bertz CT molecular complexity index is 447. The number of likely N-dealkylation sites (tertiary alicyclic amines) is 1. The molecule has 0 spiro atoms. The highest BCUT2D eigenvalue weighted by atomic mass is 19.1. The van der Waals surface area contributed by atoms with Crippen LogP contribution < -0.4 is 5.73 Å². The minimum atomic E-state index is -0.585. The van der Waals surface area contributed by atoms with Crippen LogP contribution in [0.25, 0.3) is 0 Å². The number of aliphatic hydroxyl groups is 1. The number of halogens is 1. The van der Waals surface area contributed by atoms with Crippen molar-refractivity contribution in [3.8, 4) is 0 Å². The molecule has 1 saturated heterocycles. The average Bonchev–Trinajstić information content (AvgIpc) is 2.62. The quantitative estimate of drug-likeness (QED) is 0.898. The number of hydrogen-bond donors (Lipinski definition) is 2. The Morgan fingerprint density at radius 3 is 2.57 bits per heavy atom. The van der Waals surface area contributed by atoms with Gasteiger partial charge >= 0.3 is 0 Å². The third-order valence-corrected chi connectivity index (χ3v) is 4.58. The van der Waals surface area contributed by atoms with Crippen molar-refractivity contribution in [3.05, 3.63) is 35.6 Å². The summed E-state index contributed by atoms with van der Waals surface area (Å²) in [4.78, 5) is 2.35. The highest BCUT2D eigenvalue weighted by Gasteiger charge is 2.31. The van der Waals surface area contributed by atoms with Gasteiger partial charge < -0.3 is 10.8 Å². The van der Waals surface area contributed by atoms with Gasteiger partial charge in [0, 0.05) is 18.6 Å². The molecule has 0 aliphatic carbocycles. The van der Waals surface area contributed by atoms with E-state index in [2.05, 4.69) is 11.8 Å². The molecule has 1 fully saturated rings. The Morgan fingerprint density at radius 2 is 1.95 bits per heavy atom. The van der Waals surface area contributed by atoms with Crippen LogP contribution in [0.3, 0.4) is 0 Å². The predicted molar refractivity (Wildman–Crippen MR) is 83.5 cm³/mol. The first-order valence-electron chi connectivity index (χ1n) is 7.90. The van der Waals surface area contributed by atoms with Gasteiger partial charge in [0.2, 0.25) is 0 Å². The lowest BCUT2D eigenvalue weighted by atomic mass is 9.95. The first-order valence-corrected chi connectivity index (χ1v) is 7.90. The smallest absolute Gasteiger partial charge is 0.123 e. The molecule has 3 atom stereocenters. The lowest BCUT2D eigenvalue weighted by Crippen LogP contribution is -2.41. The fourth-order valence-electron chi connectivity index (χ4n) is 3.17. The van der Waals surface area contributed by atoms with Gasteiger partial charge in [0.25, 0.3) is 0 Å². The molecule has 0 saturated carbocycles. The minimum Gasteiger partial charge on any atom is -0.390 e. The Balaban J connectivity index is 2.21. The van der Waals surface area contributed by atoms with E-state index in [1.165, 1.54) is 12.1 Å². The summed E-state index contributed by atoms with van der Waals surface area (Å²) in [5.74, 6) is -0.221. The molecule has 118 valence electrons. The zero-order chi connectivity index (χ0) is 15.5. The minimum absolute atomic E-state index is 0.0125. The molecule has 1 aromatic carbocycles. The van der Waals surface area contributed by atoms with Gasteiger partial charge in [-0.15, -0.1) is 0 Å². The third-order valence-electron chi connectivity index (χ3n) is 4.58. The Kier molecular flexibility index (Phi) is 5.36. The van der Waals surface area contributed by atoms with Crippen LogP contribution >= 0.6 is 0 Å². The van der Waals surface area contributed by atoms with Crippen LogP contribution in [0.2, 0.25) is 0 Å². The standard InChI is InChI=1S/C17H27FN2O/c1-3-15(19)16(13-5-7-14(18)8-6-13)20-11-4-9-17(2,21)10-12-20/h5-8,15-16,21H,3-4,9-12,19H2,1-2H3. The van der Waals surface area contributed by atoms with Crippen molar-refractivity contribution in [1.29, 1.82) is 0 Å². The number of rotatable bonds is 4. The summed E-state index contributed by atoms with van der Waals surface area (Å²) in [5, 5.41) is 10.2.